The van der Waals surface area contributed by atoms with Gasteiger partial charge in [0.1, 0.15) is 0 Å². The highest BCUT2D eigenvalue weighted by atomic mass is 32.2. The van der Waals surface area contributed by atoms with Crippen LogP contribution in [0.3, 0.4) is 0 Å². The second-order valence-electron chi connectivity index (χ2n) is 8.00. The first-order valence-electron chi connectivity index (χ1n) is 10.7. The van der Waals surface area contributed by atoms with Gasteiger partial charge in [0.15, 0.2) is 5.65 Å². The summed E-state index contributed by atoms with van der Waals surface area (Å²) in [7, 11) is -3.51. The van der Waals surface area contributed by atoms with Crippen molar-refractivity contribution in [3.63, 3.8) is 0 Å². The second-order valence-corrected chi connectivity index (χ2v) is 9.81. The standard InChI is InChI=1S/C23H27N5O5S/c1-5-11-24-34(32,33)13-15-7-9-16(10-8-15)25-21(29)17-12-18(14(3)4)26-20-19(17)22(30)27-23(31)28(20)6-2/h5,7-10,12,14,24H,1,6,11,13H2,2-4H3,(H,25,29)(H,27,30,31). The fraction of sp³-hybridized carbons (Fsp3) is 0.304. The highest BCUT2D eigenvalue weighted by Gasteiger charge is 2.20. The van der Waals surface area contributed by atoms with Gasteiger partial charge in [0.25, 0.3) is 11.5 Å². The van der Waals surface area contributed by atoms with E-state index in [1.165, 1.54) is 10.6 Å². The fourth-order valence-electron chi connectivity index (χ4n) is 3.40. The Kier molecular flexibility index (Phi) is 7.48. The summed E-state index contributed by atoms with van der Waals surface area (Å²) in [5.74, 6) is -0.813. The third kappa shape index (κ3) is 5.49. The second kappa shape index (κ2) is 10.1. The average molecular weight is 486 g/mol. The van der Waals surface area contributed by atoms with Crippen LogP contribution in [-0.2, 0) is 22.3 Å². The molecule has 0 aliphatic rings. The van der Waals surface area contributed by atoms with Gasteiger partial charge in [-0.25, -0.2) is 22.9 Å². The van der Waals surface area contributed by atoms with Crippen LogP contribution in [-0.4, -0.2) is 35.4 Å². The molecule has 0 saturated carbocycles. The molecule has 2 aromatic heterocycles. The number of hydrogen-bond donors (Lipinski definition) is 3. The maximum atomic E-state index is 13.2. The highest BCUT2D eigenvalue weighted by molar-refractivity contribution is 7.88. The van der Waals surface area contributed by atoms with Crippen LogP contribution in [0.15, 0.2) is 52.6 Å². The summed E-state index contributed by atoms with van der Waals surface area (Å²) >= 11 is 0. The number of fused-ring (bicyclic) bond motifs is 1. The van der Waals surface area contributed by atoms with Crippen LogP contribution in [0.4, 0.5) is 5.69 Å². The summed E-state index contributed by atoms with van der Waals surface area (Å²) in [6.07, 6.45) is 1.45. The van der Waals surface area contributed by atoms with Gasteiger partial charge in [-0.3, -0.25) is 19.1 Å². The molecule has 0 unspecified atom stereocenters. The van der Waals surface area contributed by atoms with Crippen molar-refractivity contribution in [2.75, 3.05) is 11.9 Å². The quantitative estimate of drug-likeness (QED) is 0.396. The zero-order valence-corrected chi connectivity index (χ0v) is 20.0. The number of aromatic amines is 1. The highest BCUT2D eigenvalue weighted by Crippen LogP contribution is 2.21. The van der Waals surface area contributed by atoms with Crippen LogP contribution in [0.5, 0.6) is 0 Å². The summed E-state index contributed by atoms with van der Waals surface area (Å²) < 4.78 is 27.8. The summed E-state index contributed by atoms with van der Waals surface area (Å²) in [4.78, 5) is 44.8. The van der Waals surface area contributed by atoms with Gasteiger partial charge in [-0.15, -0.1) is 6.58 Å². The number of anilines is 1. The minimum atomic E-state index is -3.51. The van der Waals surface area contributed by atoms with Gasteiger partial charge in [0.2, 0.25) is 10.0 Å². The molecule has 11 heteroatoms. The Hall–Kier alpha value is -3.57. The lowest BCUT2D eigenvalue weighted by Crippen LogP contribution is -2.32. The Labute approximate surface area is 196 Å². The van der Waals surface area contributed by atoms with Crippen LogP contribution >= 0.6 is 0 Å². The van der Waals surface area contributed by atoms with Crippen molar-refractivity contribution in [2.45, 2.75) is 39.0 Å². The number of rotatable bonds is 9. The molecule has 3 rings (SSSR count). The minimum Gasteiger partial charge on any atom is -0.322 e. The van der Waals surface area contributed by atoms with E-state index in [1.54, 1.807) is 37.3 Å². The van der Waals surface area contributed by atoms with Crippen molar-refractivity contribution in [1.29, 1.82) is 0 Å². The first-order chi connectivity index (χ1) is 16.1. The van der Waals surface area contributed by atoms with E-state index in [0.717, 1.165) is 0 Å². The first-order valence-corrected chi connectivity index (χ1v) is 12.4. The van der Waals surface area contributed by atoms with Crippen LogP contribution < -0.4 is 21.3 Å². The zero-order valence-electron chi connectivity index (χ0n) is 19.2. The third-order valence-electron chi connectivity index (χ3n) is 5.14. The monoisotopic (exact) mass is 485 g/mol. The van der Waals surface area contributed by atoms with Crippen molar-refractivity contribution >= 4 is 32.7 Å². The molecule has 1 aromatic carbocycles. The lowest BCUT2D eigenvalue weighted by molar-refractivity contribution is 0.102. The predicted octanol–water partition coefficient (Wildman–Crippen LogP) is 2.09. The van der Waals surface area contributed by atoms with Gasteiger partial charge >= 0.3 is 5.69 Å². The molecule has 0 aliphatic carbocycles. The van der Waals surface area contributed by atoms with E-state index in [4.69, 9.17) is 0 Å². The van der Waals surface area contributed by atoms with Crippen molar-refractivity contribution < 1.29 is 13.2 Å². The topological polar surface area (TPSA) is 143 Å². The maximum Gasteiger partial charge on any atom is 0.329 e. The van der Waals surface area contributed by atoms with Gasteiger partial charge < -0.3 is 5.32 Å². The maximum absolute atomic E-state index is 13.2. The summed E-state index contributed by atoms with van der Waals surface area (Å²) in [6, 6.07) is 7.89. The number of aromatic nitrogens is 3. The number of H-pyrrole nitrogens is 1. The molecule has 180 valence electrons. The molecule has 0 atom stereocenters. The van der Waals surface area contributed by atoms with Gasteiger partial charge in [-0.2, -0.15) is 0 Å². The average Bonchev–Trinajstić information content (AvgIpc) is 2.78. The molecule has 3 aromatic rings. The smallest absolute Gasteiger partial charge is 0.322 e. The minimum absolute atomic E-state index is 0.0272. The van der Waals surface area contributed by atoms with E-state index in [2.05, 4.69) is 26.6 Å². The Morgan fingerprint density at radius 2 is 1.91 bits per heavy atom. The van der Waals surface area contributed by atoms with Gasteiger partial charge in [0, 0.05) is 24.5 Å². The number of sulfonamides is 1. The van der Waals surface area contributed by atoms with E-state index in [-0.39, 0.29) is 41.4 Å². The van der Waals surface area contributed by atoms with Crippen LogP contribution in [0.25, 0.3) is 11.0 Å². The number of nitrogens with one attached hydrogen (secondary N) is 3. The normalized spacial score (nSPS) is 11.6. The molecule has 0 radical (unpaired) electrons. The molecule has 10 nitrogen and oxygen atoms in total. The predicted molar refractivity (Wildman–Crippen MR) is 132 cm³/mol. The molecule has 0 fully saturated rings. The van der Waals surface area contributed by atoms with Crippen molar-refractivity contribution in [2.24, 2.45) is 0 Å². The first kappa shape index (κ1) is 25.1. The fourth-order valence-corrected chi connectivity index (χ4v) is 4.51. The van der Waals surface area contributed by atoms with Crippen LogP contribution in [0, 0.1) is 0 Å². The molecule has 1 amide bonds. The number of nitrogens with zero attached hydrogens (tertiary/aromatic N) is 2. The van der Waals surface area contributed by atoms with Gasteiger partial charge in [-0.05, 0) is 36.6 Å². The van der Waals surface area contributed by atoms with Crippen molar-refractivity contribution in [1.82, 2.24) is 19.3 Å². The number of aryl methyl sites for hydroxylation is 1. The zero-order chi connectivity index (χ0) is 25.0. The molecule has 2 heterocycles. The van der Waals surface area contributed by atoms with Gasteiger partial charge in [0.05, 0.1) is 16.7 Å². The number of carbonyl (C=O) groups excluding carboxylic acids is 1. The number of carbonyl (C=O) groups is 1. The SMILES string of the molecule is C=CCNS(=O)(=O)Cc1ccc(NC(=O)c2cc(C(C)C)nc3c2c(=O)[nH]c(=O)n3CC)cc1. The number of amides is 1. The van der Waals surface area contributed by atoms with E-state index >= 15 is 0 Å². The lowest BCUT2D eigenvalue weighted by Gasteiger charge is -2.14. The Morgan fingerprint density at radius 3 is 2.50 bits per heavy atom. The van der Waals surface area contributed by atoms with Crippen molar-refractivity contribution in [3.8, 4) is 0 Å². The molecule has 34 heavy (non-hydrogen) atoms. The molecular weight excluding hydrogens is 458 g/mol. The van der Waals surface area contributed by atoms with E-state index in [0.29, 0.717) is 16.9 Å². The summed E-state index contributed by atoms with van der Waals surface area (Å²) in [5.41, 5.74) is 0.490. The largest absolute Gasteiger partial charge is 0.329 e. The van der Waals surface area contributed by atoms with E-state index in [1.807, 2.05) is 13.8 Å². The molecular formula is C23H27N5O5S. The van der Waals surface area contributed by atoms with Crippen molar-refractivity contribution in [3.05, 3.63) is 80.6 Å². The third-order valence-corrected chi connectivity index (χ3v) is 6.46. The van der Waals surface area contributed by atoms with E-state index < -0.39 is 27.2 Å². The van der Waals surface area contributed by atoms with Crippen LogP contribution in [0.2, 0.25) is 0 Å². The van der Waals surface area contributed by atoms with Crippen LogP contribution in [0.1, 0.15) is 48.3 Å². The summed E-state index contributed by atoms with van der Waals surface area (Å²) in [6.45, 7) is 9.43. The van der Waals surface area contributed by atoms with E-state index in [9.17, 15) is 22.8 Å². The van der Waals surface area contributed by atoms with Gasteiger partial charge in [-0.1, -0.05) is 32.1 Å². The Bertz CT molecular complexity index is 1450. The number of benzene rings is 1. The Morgan fingerprint density at radius 1 is 1.24 bits per heavy atom. The number of hydrogen-bond acceptors (Lipinski definition) is 6. The molecule has 0 bridgehead atoms. The lowest BCUT2D eigenvalue weighted by atomic mass is 10.0. The number of pyridine rings is 1. The Balaban J connectivity index is 1.97. The molecule has 0 spiro atoms. The summed E-state index contributed by atoms with van der Waals surface area (Å²) in [5, 5.41) is 2.76. The molecule has 3 N–H and O–H groups in total. The molecule has 0 aliphatic heterocycles. The molecule has 0 saturated heterocycles.